The van der Waals surface area contributed by atoms with E-state index >= 15 is 0 Å². The molecule has 1 atom stereocenters. The van der Waals surface area contributed by atoms with Crippen LogP contribution >= 0.6 is 0 Å². The van der Waals surface area contributed by atoms with Crippen LogP contribution in [0, 0.1) is 5.41 Å². The SMILES string of the molecule is CC1(CN2CCCC(NC3CC3)C2=O)CCC1. The fraction of sp³-hybridized carbons (Fsp3) is 0.929. The Balaban J connectivity index is 1.57. The second kappa shape index (κ2) is 4.27. The van der Waals surface area contributed by atoms with Gasteiger partial charge in [-0.05, 0) is 43.9 Å². The molecule has 2 saturated carbocycles. The maximum atomic E-state index is 12.4. The van der Waals surface area contributed by atoms with Crippen LogP contribution in [-0.4, -0.2) is 36.0 Å². The quantitative estimate of drug-likeness (QED) is 0.809. The molecule has 3 rings (SSSR count). The Morgan fingerprint density at radius 1 is 1.29 bits per heavy atom. The van der Waals surface area contributed by atoms with Crippen molar-refractivity contribution in [2.45, 2.75) is 64.0 Å². The van der Waals surface area contributed by atoms with E-state index in [4.69, 9.17) is 0 Å². The first-order valence-corrected chi connectivity index (χ1v) is 7.21. The first kappa shape index (κ1) is 11.5. The number of likely N-dealkylation sites (tertiary alicyclic amines) is 1. The summed E-state index contributed by atoms with van der Waals surface area (Å²) in [5.74, 6) is 0.372. The minimum Gasteiger partial charge on any atom is -0.341 e. The van der Waals surface area contributed by atoms with E-state index < -0.39 is 0 Å². The average Bonchev–Trinajstić information content (AvgIpc) is 3.06. The summed E-state index contributed by atoms with van der Waals surface area (Å²) in [5.41, 5.74) is 0.428. The van der Waals surface area contributed by atoms with E-state index in [1.54, 1.807) is 0 Å². The lowest BCUT2D eigenvalue weighted by atomic mass is 9.70. The van der Waals surface area contributed by atoms with Crippen LogP contribution in [0.3, 0.4) is 0 Å². The summed E-state index contributed by atoms with van der Waals surface area (Å²) in [6.45, 7) is 4.31. The molecule has 0 bridgehead atoms. The van der Waals surface area contributed by atoms with Gasteiger partial charge in [0, 0.05) is 19.1 Å². The minimum atomic E-state index is 0.125. The molecule has 0 aromatic rings. The van der Waals surface area contributed by atoms with Crippen LogP contribution in [0.1, 0.15) is 51.9 Å². The number of hydrogen-bond acceptors (Lipinski definition) is 2. The Morgan fingerprint density at radius 3 is 2.65 bits per heavy atom. The molecule has 1 aliphatic heterocycles. The summed E-state index contributed by atoms with van der Waals surface area (Å²) in [6, 6.07) is 0.767. The Bertz CT molecular complexity index is 307. The first-order chi connectivity index (χ1) is 8.16. The lowest BCUT2D eigenvalue weighted by Gasteiger charge is -2.44. The van der Waals surface area contributed by atoms with Gasteiger partial charge in [-0.15, -0.1) is 0 Å². The summed E-state index contributed by atoms with van der Waals surface area (Å²) in [5, 5.41) is 3.50. The fourth-order valence-corrected chi connectivity index (χ4v) is 3.19. The minimum absolute atomic E-state index is 0.125. The second-order valence-corrected chi connectivity index (χ2v) is 6.56. The van der Waals surface area contributed by atoms with Crippen molar-refractivity contribution in [1.82, 2.24) is 10.2 Å². The van der Waals surface area contributed by atoms with Gasteiger partial charge in [-0.25, -0.2) is 0 Å². The molecule has 96 valence electrons. The number of carbonyl (C=O) groups excluding carboxylic acids is 1. The smallest absolute Gasteiger partial charge is 0.239 e. The molecule has 1 N–H and O–H groups in total. The van der Waals surface area contributed by atoms with Gasteiger partial charge in [-0.2, -0.15) is 0 Å². The molecule has 1 amide bonds. The van der Waals surface area contributed by atoms with Crippen LogP contribution in [-0.2, 0) is 4.79 Å². The third-order valence-electron chi connectivity index (χ3n) is 4.68. The van der Waals surface area contributed by atoms with Crippen molar-refractivity contribution in [3.8, 4) is 0 Å². The van der Waals surface area contributed by atoms with Gasteiger partial charge >= 0.3 is 0 Å². The standard InChI is InChI=1S/C14H24N2O/c1-14(7-3-8-14)10-16-9-2-4-12(13(16)17)15-11-5-6-11/h11-12,15H,2-10H2,1H3. The lowest BCUT2D eigenvalue weighted by Crippen LogP contribution is -2.54. The zero-order valence-corrected chi connectivity index (χ0v) is 10.9. The van der Waals surface area contributed by atoms with Gasteiger partial charge in [0.15, 0.2) is 0 Å². The molecule has 3 nitrogen and oxygen atoms in total. The van der Waals surface area contributed by atoms with Crippen molar-refractivity contribution in [3.05, 3.63) is 0 Å². The zero-order valence-electron chi connectivity index (χ0n) is 10.9. The normalized spacial score (nSPS) is 32.4. The fourth-order valence-electron chi connectivity index (χ4n) is 3.19. The third kappa shape index (κ3) is 2.49. The average molecular weight is 236 g/mol. The van der Waals surface area contributed by atoms with Crippen LogP contribution in [0.25, 0.3) is 0 Å². The van der Waals surface area contributed by atoms with Gasteiger partial charge in [0.1, 0.15) is 0 Å². The summed E-state index contributed by atoms with van der Waals surface area (Å²) in [6.07, 6.45) is 8.70. The maximum absolute atomic E-state index is 12.4. The van der Waals surface area contributed by atoms with E-state index in [9.17, 15) is 4.79 Å². The Labute approximate surface area is 104 Å². The molecule has 1 heterocycles. The van der Waals surface area contributed by atoms with Crippen molar-refractivity contribution < 1.29 is 4.79 Å². The maximum Gasteiger partial charge on any atom is 0.239 e. The molecule has 0 aromatic carbocycles. The topological polar surface area (TPSA) is 32.3 Å². The Morgan fingerprint density at radius 2 is 2.06 bits per heavy atom. The third-order valence-corrected chi connectivity index (χ3v) is 4.68. The largest absolute Gasteiger partial charge is 0.341 e. The van der Waals surface area contributed by atoms with E-state index in [0.717, 1.165) is 19.5 Å². The summed E-state index contributed by atoms with van der Waals surface area (Å²) in [4.78, 5) is 14.5. The van der Waals surface area contributed by atoms with Gasteiger partial charge in [-0.3, -0.25) is 4.79 Å². The molecule has 17 heavy (non-hydrogen) atoms. The van der Waals surface area contributed by atoms with Crippen molar-refractivity contribution in [1.29, 1.82) is 0 Å². The highest BCUT2D eigenvalue weighted by atomic mass is 16.2. The number of hydrogen-bond donors (Lipinski definition) is 1. The van der Waals surface area contributed by atoms with E-state index in [2.05, 4.69) is 17.1 Å². The summed E-state index contributed by atoms with van der Waals surface area (Å²) < 4.78 is 0. The van der Waals surface area contributed by atoms with Crippen molar-refractivity contribution >= 4 is 5.91 Å². The molecule has 2 aliphatic carbocycles. The highest BCUT2D eigenvalue weighted by molar-refractivity contribution is 5.82. The predicted molar refractivity (Wildman–Crippen MR) is 67.7 cm³/mol. The predicted octanol–water partition coefficient (Wildman–Crippen LogP) is 1.92. The molecule has 3 fully saturated rings. The molecule has 0 aromatic heterocycles. The van der Waals surface area contributed by atoms with Gasteiger partial charge in [0.05, 0.1) is 6.04 Å². The molecule has 1 saturated heterocycles. The number of nitrogens with one attached hydrogen (secondary N) is 1. The summed E-state index contributed by atoms with van der Waals surface area (Å²) in [7, 11) is 0. The molecule has 3 heteroatoms. The van der Waals surface area contributed by atoms with Crippen LogP contribution in [0.5, 0.6) is 0 Å². The molecule has 1 unspecified atom stereocenters. The van der Waals surface area contributed by atoms with Gasteiger partial charge in [-0.1, -0.05) is 13.3 Å². The van der Waals surface area contributed by atoms with Crippen molar-refractivity contribution in [2.24, 2.45) is 5.41 Å². The van der Waals surface area contributed by atoms with Crippen LogP contribution < -0.4 is 5.32 Å². The highest BCUT2D eigenvalue weighted by Crippen LogP contribution is 2.41. The van der Waals surface area contributed by atoms with Crippen LogP contribution in [0.2, 0.25) is 0 Å². The molecular formula is C14H24N2O. The highest BCUT2D eigenvalue weighted by Gasteiger charge is 2.39. The molecule has 3 aliphatic rings. The number of nitrogens with zero attached hydrogens (tertiary/aromatic N) is 1. The first-order valence-electron chi connectivity index (χ1n) is 7.21. The lowest BCUT2D eigenvalue weighted by molar-refractivity contribution is -0.138. The zero-order chi connectivity index (χ0) is 11.9. The van der Waals surface area contributed by atoms with Gasteiger partial charge in [0.25, 0.3) is 0 Å². The Hall–Kier alpha value is -0.570. The van der Waals surface area contributed by atoms with E-state index in [0.29, 0.717) is 17.4 Å². The number of rotatable bonds is 4. The molecule has 0 radical (unpaired) electrons. The molecular weight excluding hydrogens is 212 g/mol. The van der Waals surface area contributed by atoms with Crippen molar-refractivity contribution in [3.63, 3.8) is 0 Å². The molecule has 0 spiro atoms. The van der Waals surface area contributed by atoms with E-state index in [1.807, 2.05) is 0 Å². The van der Waals surface area contributed by atoms with Crippen LogP contribution in [0.15, 0.2) is 0 Å². The van der Waals surface area contributed by atoms with Gasteiger partial charge in [0.2, 0.25) is 5.91 Å². The van der Waals surface area contributed by atoms with Crippen LogP contribution in [0.4, 0.5) is 0 Å². The number of amides is 1. The van der Waals surface area contributed by atoms with Gasteiger partial charge < -0.3 is 10.2 Å². The number of carbonyl (C=O) groups is 1. The second-order valence-electron chi connectivity index (χ2n) is 6.56. The summed E-state index contributed by atoms with van der Waals surface area (Å²) >= 11 is 0. The Kier molecular flexibility index (Phi) is 2.89. The van der Waals surface area contributed by atoms with E-state index in [-0.39, 0.29) is 6.04 Å². The van der Waals surface area contributed by atoms with E-state index in [1.165, 1.54) is 38.5 Å². The van der Waals surface area contributed by atoms with Crippen molar-refractivity contribution in [2.75, 3.05) is 13.1 Å². The number of piperidine rings is 1. The monoisotopic (exact) mass is 236 g/mol.